The molecule has 1 saturated heterocycles. The molecule has 0 bridgehead atoms. The lowest BCUT2D eigenvalue weighted by atomic mass is 9.89. The van der Waals surface area contributed by atoms with Crippen molar-refractivity contribution in [3.63, 3.8) is 0 Å². The highest BCUT2D eigenvalue weighted by molar-refractivity contribution is 6.39. The summed E-state index contributed by atoms with van der Waals surface area (Å²) in [6.45, 7) is 3.49. The van der Waals surface area contributed by atoms with E-state index in [1.54, 1.807) is 6.26 Å². The Bertz CT molecular complexity index is 622. The first-order valence-corrected chi connectivity index (χ1v) is 9.50. The van der Waals surface area contributed by atoms with E-state index in [1.165, 1.54) is 38.6 Å². The number of rotatable bonds is 5. The molecule has 6 nitrogen and oxygen atoms in total. The number of oxime groups is 1. The van der Waals surface area contributed by atoms with Gasteiger partial charge in [-0.3, -0.25) is 9.69 Å². The van der Waals surface area contributed by atoms with Gasteiger partial charge in [-0.05, 0) is 30.9 Å². The van der Waals surface area contributed by atoms with Gasteiger partial charge in [-0.25, -0.2) is 0 Å². The summed E-state index contributed by atoms with van der Waals surface area (Å²) in [6.07, 6.45) is 10.0. The minimum Gasteiger partial charge on any atom is -0.467 e. The van der Waals surface area contributed by atoms with E-state index in [-0.39, 0.29) is 11.5 Å². The molecular formula is C19H27N3O3. The van der Waals surface area contributed by atoms with E-state index in [2.05, 4.69) is 15.4 Å². The van der Waals surface area contributed by atoms with E-state index >= 15 is 0 Å². The van der Waals surface area contributed by atoms with Gasteiger partial charge in [-0.15, -0.1) is 0 Å². The van der Waals surface area contributed by atoms with Crippen molar-refractivity contribution >= 4 is 11.6 Å². The maximum atomic E-state index is 12.3. The molecule has 0 aromatic carbocycles. The van der Waals surface area contributed by atoms with Gasteiger partial charge >= 0.3 is 0 Å². The standard InChI is InChI=1S/C19H27N3O3/c23-18(20-12-16-7-4-10-24-16)17-11-19(25-21-17)8-9-22(14-19)13-15-5-2-1-3-6-15/h4,7,10,15H,1-3,5-6,8-9,11-14H2,(H,20,23)/t19-/m1/s1. The third-order valence-corrected chi connectivity index (χ3v) is 5.74. The highest BCUT2D eigenvalue weighted by Crippen LogP contribution is 2.35. The summed E-state index contributed by atoms with van der Waals surface area (Å²) in [5.41, 5.74) is 0.220. The lowest BCUT2D eigenvalue weighted by molar-refractivity contribution is -0.115. The van der Waals surface area contributed by atoms with Crippen molar-refractivity contribution in [2.24, 2.45) is 11.1 Å². The number of furan rings is 1. The molecule has 6 heteroatoms. The summed E-state index contributed by atoms with van der Waals surface area (Å²) in [5.74, 6) is 1.42. The maximum Gasteiger partial charge on any atom is 0.269 e. The Morgan fingerprint density at radius 3 is 3.04 bits per heavy atom. The Balaban J connectivity index is 1.25. The molecule has 136 valence electrons. The zero-order valence-electron chi connectivity index (χ0n) is 14.7. The van der Waals surface area contributed by atoms with Crippen molar-refractivity contribution in [3.05, 3.63) is 24.2 Å². The zero-order chi connectivity index (χ0) is 17.1. The summed E-state index contributed by atoms with van der Waals surface area (Å²) >= 11 is 0. The van der Waals surface area contributed by atoms with Crippen LogP contribution in [0.15, 0.2) is 28.0 Å². The second kappa shape index (κ2) is 7.20. The van der Waals surface area contributed by atoms with E-state index in [4.69, 9.17) is 9.25 Å². The Labute approximate surface area is 148 Å². The number of carbonyl (C=O) groups excluding carboxylic acids is 1. The van der Waals surface area contributed by atoms with Gasteiger partial charge in [0.2, 0.25) is 0 Å². The van der Waals surface area contributed by atoms with Crippen molar-refractivity contribution in [1.29, 1.82) is 0 Å². The molecule has 3 aliphatic rings. The monoisotopic (exact) mass is 345 g/mol. The number of likely N-dealkylation sites (tertiary alicyclic amines) is 1. The number of hydrogen-bond donors (Lipinski definition) is 1. The van der Waals surface area contributed by atoms with Crippen molar-refractivity contribution in [2.45, 2.75) is 57.1 Å². The molecule has 3 heterocycles. The zero-order valence-corrected chi connectivity index (χ0v) is 14.7. The van der Waals surface area contributed by atoms with Crippen LogP contribution in [0.5, 0.6) is 0 Å². The molecule has 1 N–H and O–H groups in total. The van der Waals surface area contributed by atoms with Crippen molar-refractivity contribution in [2.75, 3.05) is 19.6 Å². The van der Waals surface area contributed by atoms with Crippen LogP contribution in [0, 0.1) is 5.92 Å². The van der Waals surface area contributed by atoms with Crippen LogP contribution in [-0.2, 0) is 16.2 Å². The van der Waals surface area contributed by atoms with Crippen LogP contribution in [0.3, 0.4) is 0 Å². The molecule has 2 fully saturated rings. The predicted molar refractivity (Wildman–Crippen MR) is 94.1 cm³/mol. The Kier molecular flexibility index (Phi) is 4.79. The van der Waals surface area contributed by atoms with E-state index < -0.39 is 0 Å². The minimum absolute atomic E-state index is 0.154. The van der Waals surface area contributed by atoms with Gasteiger partial charge in [0.05, 0.1) is 12.8 Å². The first kappa shape index (κ1) is 16.6. The third kappa shape index (κ3) is 3.89. The second-order valence-electron chi connectivity index (χ2n) is 7.74. The highest BCUT2D eigenvalue weighted by atomic mass is 16.7. The summed E-state index contributed by atoms with van der Waals surface area (Å²) < 4.78 is 5.23. The largest absolute Gasteiger partial charge is 0.467 e. The maximum absolute atomic E-state index is 12.3. The first-order chi connectivity index (χ1) is 12.2. The fourth-order valence-electron chi connectivity index (χ4n) is 4.36. The quantitative estimate of drug-likeness (QED) is 0.891. The minimum atomic E-state index is -0.286. The van der Waals surface area contributed by atoms with Gasteiger partial charge in [0.1, 0.15) is 11.5 Å². The van der Waals surface area contributed by atoms with Crippen molar-refractivity contribution in [1.82, 2.24) is 10.2 Å². The topological polar surface area (TPSA) is 67.1 Å². The van der Waals surface area contributed by atoms with Crippen LogP contribution < -0.4 is 5.32 Å². The normalized spacial score (nSPS) is 27.4. The summed E-state index contributed by atoms with van der Waals surface area (Å²) in [7, 11) is 0. The number of amides is 1. The molecular weight excluding hydrogens is 318 g/mol. The van der Waals surface area contributed by atoms with Crippen LogP contribution in [0.4, 0.5) is 0 Å². The number of nitrogens with one attached hydrogen (secondary N) is 1. The molecule has 1 atom stereocenters. The van der Waals surface area contributed by atoms with Crippen LogP contribution >= 0.6 is 0 Å². The lowest BCUT2D eigenvalue weighted by Crippen LogP contribution is -2.38. The molecule has 25 heavy (non-hydrogen) atoms. The molecule has 1 aliphatic carbocycles. The summed E-state index contributed by atoms with van der Waals surface area (Å²) in [5, 5.41) is 6.95. The van der Waals surface area contributed by atoms with Gasteiger partial charge in [-0.1, -0.05) is 24.4 Å². The third-order valence-electron chi connectivity index (χ3n) is 5.74. The average Bonchev–Trinajstić information content (AvgIpc) is 3.37. The Morgan fingerprint density at radius 1 is 1.36 bits per heavy atom. The molecule has 1 saturated carbocycles. The average molecular weight is 345 g/mol. The van der Waals surface area contributed by atoms with Crippen LogP contribution in [0.1, 0.15) is 50.7 Å². The smallest absolute Gasteiger partial charge is 0.269 e. The fraction of sp³-hybridized carbons (Fsp3) is 0.684. The SMILES string of the molecule is O=C(NCc1ccco1)C1=NO[C@]2(CCN(CC3CCCCC3)C2)C1. The number of carbonyl (C=O) groups is 1. The molecule has 1 aromatic heterocycles. The van der Waals surface area contributed by atoms with Crippen LogP contribution in [0.25, 0.3) is 0 Å². The molecule has 1 aromatic rings. The molecule has 0 unspecified atom stereocenters. The van der Waals surface area contributed by atoms with Gasteiger partial charge < -0.3 is 14.6 Å². The van der Waals surface area contributed by atoms with E-state index in [9.17, 15) is 4.79 Å². The highest BCUT2D eigenvalue weighted by Gasteiger charge is 2.46. The van der Waals surface area contributed by atoms with Crippen LogP contribution in [-0.4, -0.2) is 41.8 Å². The molecule has 0 radical (unpaired) electrons. The molecule has 4 rings (SSSR count). The summed E-state index contributed by atoms with van der Waals surface area (Å²) in [4.78, 5) is 20.6. The van der Waals surface area contributed by atoms with Gasteiger partial charge in [-0.2, -0.15) is 0 Å². The number of hydrogen-bond acceptors (Lipinski definition) is 5. The first-order valence-electron chi connectivity index (χ1n) is 9.50. The van der Waals surface area contributed by atoms with Gasteiger partial charge in [0, 0.05) is 32.5 Å². The molecule has 1 spiro atoms. The summed E-state index contributed by atoms with van der Waals surface area (Å²) in [6, 6.07) is 3.65. The second-order valence-corrected chi connectivity index (χ2v) is 7.74. The number of nitrogens with zero attached hydrogens (tertiary/aromatic N) is 2. The van der Waals surface area contributed by atoms with E-state index in [0.717, 1.165) is 31.2 Å². The van der Waals surface area contributed by atoms with Gasteiger partial charge in [0.15, 0.2) is 5.60 Å². The Hall–Kier alpha value is -1.82. The molecule has 1 amide bonds. The van der Waals surface area contributed by atoms with Crippen molar-refractivity contribution in [3.8, 4) is 0 Å². The molecule has 2 aliphatic heterocycles. The fourth-order valence-corrected chi connectivity index (χ4v) is 4.36. The van der Waals surface area contributed by atoms with Gasteiger partial charge in [0.25, 0.3) is 5.91 Å². The van der Waals surface area contributed by atoms with Crippen molar-refractivity contribution < 1.29 is 14.0 Å². The van der Waals surface area contributed by atoms with Crippen LogP contribution in [0.2, 0.25) is 0 Å². The van der Waals surface area contributed by atoms with E-state index in [0.29, 0.717) is 18.7 Å². The Morgan fingerprint density at radius 2 is 2.24 bits per heavy atom. The predicted octanol–water partition coefficient (Wildman–Crippen LogP) is 2.70. The van der Waals surface area contributed by atoms with E-state index in [1.807, 2.05) is 12.1 Å². The lowest BCUT2D eigenvalue weighted by Gasteiger charge is -2.27.